The van der Waals surface area contributed by atoms with Crippen molar-refractivity contribution in [3.05, 3.63) is 42.0 Å². The summed E-state index contributed by atoms with van der Waals surface area (Å²) >= 11 is 0. The largest absolute Gasteiger partial charge is 0.468 e. The van der Waals surface area contributed by atoms with Gasteiger partial charge < -0.3 is 4.74 Å². The molecule has 174 valence electrons. The minimum absolute atomic E-state index is 0.137. The Bertz CT molecular complexity index is 701. The number of hydrogen-bond donors (Lipinski definition) is 0. The number of allylic oxidation sites excluding steroid dienone is 1. The summed E-state index contributed by atoms with van der Waals surface area (Å²) in [4.78, 5) is 12.8. The van der Waals surface area contributed by atoms with Gasteiger partial charge in [0.05, 0.1) is 18.0 Å². The van der Waals surface area contributed by atoms with Gasteiger partial charge in [0.1, 0.15) is 17.0 Å². The first-order valence-electron chi connectivity index (χ1n) is 12.1. The molecule has 1 saturated heterocycles. The van der Waals surface area contributed by atoms with Gasteiger partial charge in [-0.2, -0.15) is 4.31 Å². The predicted molar refractivity (Wildman–Crippen MR) is 129 cm³/mol. The van der Waals surface area contributed by atoms with Crippen molar-refractivity contribution in [1.82, 2.24) is 4.31 Å². The van der Waals surface area contributed by atoms with Gasteiger partial charge >= 0.3 is 5.97 Å². The van der Waals surface area contributed by atoms with Crippen molar-refractivity contribution in [2.45, 2.75) is 108 Å². The van der Waals surface area contributed by atoms with E-state index in [0.29, 0.717) is 0 Å². The van der Waals surface area contributed by atoms with E-state index in [0.717, 1.165) is 16.9 Å². The monoisotopic (exact) mass is 447 g/mol. The van der Waals surface area contributed by atoms with Crippen molar-refractivity contribution in [3.63, 3.8) is 0 Å². The van der Waals surface area contributed by atoms with Gasteiger partial charge in [0, 0.05) is 0 Å². The molecule has 1 aromatic rings. The topological polar surface area (TPSA) is 46.4 Å². The van der Waals surface area contributed by atoms with Crippen LogP contribution >= 0.6 is 0 Å². The van der Waals surface area contributed by atoms with Crippen LogP contribution in [0.1, 0.15) is 89.5 Å². The van der Waals surface area contributed by atoms with Crippen LogP contribution in [0.3, 0.4) is 0 Å². The lowest BCUT2D eigenvalue weighted by Gasteiger charge is -2.04. The van der Waals surface area contributed by atoms with Crippen molar-refractivity contribution in [2.75, 3.05) is 7.11 Å². The SMILES string of the molecule is CCCCCCCCCCCCC/C=C/[C@H]1[C@H](C(=O)OC)N1[S@@](=O)c1ccc(C)cc1. The number of unbranched alkanes of at least 4 members (excludes halogenated alkanes) is 11. The zero-order chi connectivity index (χ0) is 22.5. The number of rotatable bonds is 16. The lowest BCUT2D eigenvalue weighted by molar-refractivity contribution is -0.140. The van der Waals surface area contributed by atoms with Crippen LogP contribution in [-0.4, -0.2) is 33.7 Å². The number of nitrogens with zero attached hydrogens (tertiary/aromatic N) is 1. The van der Waals surface area contributed by atoms with Crippen molar-refractivity contribution in [2.24, 2.45) is 0 Å². The van der Waals surface area contributed by atoms with Gasteiger partial charge in [-0.25, -0.2) is 4.21 Å². The van der Waals surface area contributed by atoms with Crippen LogP contribution in [0, 0.1) is 6.92 Å². The highest BCUT2D eigenvalue weighted by Crippen LogP contribution is 2.35. The Morgan fingerprint density at radius 1 is 0.968 bits per heavy atom. The number of carbonyl (C=O) groups is 1. The highest BCUT2D eigenvalue weighted by Gasteiger charge is 2.55. The Morgan fingerprint density at radius 3 is 2.06 bits per heavy atom. The normalized spacial score (nSPS) is 21.3. The van der Waals surface area contributed by atoms with Gasteiger partial charge in [0.2, 0.25) is 0 Å². The average molecular weight is 448 g/mol. The molecule has 0 radical (unpaired) electrons. The molecule has 0 aromatic heterocycles. The number of benzene rings is 1. The molecule has 4 nitrogen and oxygen atoms in total. The van der Waals surface area contributed by atoms with Crippen LogP contribution < -0.4 is 0 Å². The molecule has 2 rings (SSSR count). The maximum atomic E-state index is 12.9. The lowest BCUT2D eigenvalue weighted by Crippen LogP contribution is -2.16. The molecular weight excluding hydrogens is 406 g/mol. The van der Waals surface area contributed by atoms with E-state index in [2.05, 4.69) is 13.0 Å². The first kappa shape index (κ1) is 25.8. The zero-order valence-electron chi connectivity index (χ0n) is 19.7. The third-order valence-corrected chi connectivity index (χ3v) is 7.50. The van der Waals surface area contributed by atoms with E-state index in [1.807, 2.05) is 37.3 Å². The van der Waals surface area contributed by atoms with Gasteiger partial charge in [0.25, 0.3) is 0 Å². The first-order chi connectivity index (χ1) is 15.1. The van der Waals surface area contributed by atoms with E-state index < -0.39 is 17.0 Å². The molecule has 1 fully saturated rings. The summed E-state index contributed by atoms with van der Waals surface area (Å²) in [5.74, 6) is -0.315. The highest BCUT2D eigenvalue weighted by molar-refractivity contribution is 7.83. The smallest absolute Gasteiger partial charge is 0.326 e. The quantitative estimate of drug-likeness (QED) is 0.126. The van der Waals surface area contributed by atoms with E-state index in [4.69, 9.17) is 4.74 Å². The third-order valence-electron chi connectivity index (χ3n) is 5.97. The molecule has 1 aromatic carbocycles. The van der Waals surface area contributed by atoms with Gasteiger partial charge in [-0.15, -0.1) is 0 Å². The number of aryl methyl sites for hydroxylation is 1. The minimum Gasteiger partial charge on any atom is -0.468 e. The van der Waals surface area contributed by atoms with Crippen LogP contribution in [0.15, 0.2) is 41.3 Å². The molecule has 4 atom stereocenters. The minimum atomic E-state index is -1.35. The Kier molecular flexibility index (Phi) is 12.1. The summed E-state index contributed by atoms with van der Waals surface area (Å²) in [5, 5.41) is 0. The number of esters is 1. The second kappa shape index (κ2) is 14.6. The maximum Gasteiger partial charge on any atom is 0.326 e. The van der Waals surface area contributed by atoms with Gasteiger partial charge in [-0.05, 0) is 31.9 Å². The lowest BCUT2D eigenvalue weighted by atomic mass is 10.1. The Morgan fingerprint density at radius 2 is 1.52 bits per heavy atom. The average Bonchev–Trinajstić information content (AvgIpc) is 3.50. The summed E-state index contributed by atoms with van der Waals surface area (Å²) in [7, 11) is 0.0384. The van der Waals surface area contributed by atoms with Gasteiger partial charge in [0.15, 0.2) is 0 Å². The van der Waals surface area contributed by atoms with Crippen molar-refractivity contribution in [3.8, 4) is 0 Å². The number of ether oxygens (including phenoxy) is 1. The van der Waals surface area contributed by atoms with Crippen LogP contribution in [0.25, 0.3) is 0 Å². The molecule has 0 N–H and O–H groups in total. The van der Waals surface area contributed by atoms with Crippen LogP contribution in [0.4, 0.5) is 0 Å². The summed E-state index contributed by atoms with van der Waals surface area (Å²) in [6, 6.07) is 7.04. The molecule has 0 spiro atoms. The van der Waals surface area contributed by atoms with E-state index in [9.17, 15) is 9.00 Å². The van der Waals surface area contributed by atoms with E-state index >= 15 is 0 Å². The molecule has 0 aliphatic carbocycles. The molecule has 1 unspecified atom stereocenters. The molecule has 1 aliphatic rings. The molecule has 31 heavy (non-hydrogen) atoms. The molecule has 5 heteroatoms. The van der Waals surface area contributed by atoms with E-state index in [1.165, 1.54) is 77.7 Å². The molecule has 0 bridgehead atoms. The summed E-state index contributed by atoms with van der Waals surface area (Å²) in [6.07, 6.45) is 19.9. The Balaban J connectivity index is 1.64. The highest BCUT2D eigenvalue weighted by atomic mass is 32.2. The second-order valence-corrected chi connectivity index (χ2v) is 10.0. The molecule has 0 amide bonds. The fourth-order valence-corrected chi connectivity index (χ4v) is 5.32. The first-order valence-corrected chi connectivity index (χ1v) is 13.2. The summed E-state index contributed by atoms with van der Waals surface area (Å²) in [6.45, 7) is 4.27. The summed E-state index contributed by atoms with van der Waals surface area (Å²) in [5.41, 5.74) is 1.12. The molecule has 0 saturated carbocycles. The number of carbonyl (C=O) groups excluding carboxylic acids is 1. The van der Waals surface area contributed by atoms with Crippen LogP contribution in [0.5, 0.6) is 0 Å². The van der Waals surface area contributed by atoms with E-state index in [-0.39, 0.29) is 12.0 Å². The van der Waals surface area contributed by atoms with Gasteiger partial charge in [-0.1, -0.05) is 101 Å². The predicted octanol–water partition coefficient (Wildman–Crippen LogP) is 6.50. The van der Waals surface area contributed by atoms with Crippen molar-refractivity contribution < 1.29 is 13.7 Å². The van der Waals surface area contributed by atoms with Crippen LogP contribution in [0.2, 0.25) is 0 Å². The van der Waals surface area contributed by atoms with Gasteiger partial charge in [-0.3, -0.25) is 4.79 Å². The fourth-order valence-electron chi connectivity index (χ4n) is 3.93. The molecule has 1 heterocycles. The fraction of sp³-hybridized carbons (Fsp3) is 0.654. The van der Waals surface area contributed by atoms with Crippen molar-refractivity contribution >= 4 is 17.0 Å². The molecule has 1 aliphatic heterocycles. The number of hydrogen-bond acceptors (Lipinski definition) is 3. The Hall–Kier alpha value is -1.46. The standard InChI is InChI=1S/C26H41NO3S/c1-4-5-6-7-8-9-10-11-12-13-14-15-16-17-24-25(26(28)30-3)27(24)31(29)23-20-18-22(2)19-21-23/h16-21,24-25H,4-15H2,1-3H3/b17-16+/t24-,25+,27?,31-/m0/s1. The second-order valence-electron chi connectivity index (χ2n) is 8.63. The zero-order valence-corrected chi connectivity index (χ0v) is 20.5. The Labute approximate surface area is 192 Å². The number of methoxy groups -OCH3 is 1. The third kappa shape index (κ3) is 8.89. The molecular formula is C26H41NO3S. The van der Waals surface area contributed by atoms with Crippen molar-refractivity contribution in [1.29, 1.82) is 0 Å². The summed E-state index contributed by atoms with van der Waals surface area (Å²) < 4.78 is 19.5. The van der Waals surface area contributed by atoms with Crippen LogP contribution in [-0.2, 0) is 20.5 Å². The maximum absolute atomic E-state index is 12.9. The van der Waals surface area contributed by atoms with E-state index in [1.54, 1.807) is 4.31 Å².